The van der Waals surface area contributed by atoms with Gasteiger partial charge in [-0.05, 0) is 25.1 Å². The summed E-state index contributed by atoms with van der Waals surface area (Å²) in [4.78, 5) is 26.8. The predicted octanol–water partition coefficient (Wildman–Crippen LogP) is 2.33. The van der Waals surface area contributed by atoms with Gasteiger partial charge in [-0.2, -0.15) is 0 Å². The van der Waals surface area contributed by atoms with E-state index in [1.54, 1.807) is 18.3 Å². The average Bonchev–Trinajstić information content (AvgIpc) is 2.60. The zero-order valence-electron chi connectivity index (χ0n) is 13.3. The van der Waals surface area contributed by atoms with Crippen molar-refractivity contribution in [2.75, 3.05) is 13.7 Å². The van der Waals surface area contributed by atoms with Crippen LogP contribution in [0.4, 0.5) is 5.69 Å². The van der Waals surface area contributed by atoms with Gasteiger partial charge in [0.15, 0.2) is 5.75 Å². The first-order valence-corrected chi connectivity index (χ1v) is 7.24. The molecule has 0 aliphatic rings. The number of nitrogens with zero attached hydrogens (tertiary/aromatic N) is 2. The second kappa shape index (κ2) is 7.91. The molecule has 0 unspecified atom stereocenters. The van der Waals surface area contributed by atoms with E-state index in [1.165, 1.54) is 25.3 Å². The van der Waals surface area contributed by atoms with Crippen molar-refractivity contribution in [3.8, 4) is 11.6 Å². The van der Waals surface area contributed by atoms with E-state index in [2.05, 4.69) is 10.3 Å². The van der Waals surface area contributed by atoms with E-state index in [1.807, 2.05) is 6.92 Å². The van der Waals surface area contributed by atoms with Crippen molar-refractivity contribution in [1.82, 2.24) is 10.3 Å². The Kier molecular flexibility index (Phi) is 5.67. The Balaban J connectivity index is 2.13. The molecule has 0 fully saturated rings. The molecule has 0 spiro atoms. The van der Waals surface area contributed by atoms with Gasteiger partial charge in [0.2, 0.25) is 5.88 Å². The standard InChI is InChI=1S/C16H17N3O5/c1-3-24-16-12(5-4-8-17-16)10-18-15(20)11-6-7-14(23-2)13(9-11)19(21)22/h4-9H,3,10H2,1-2H3,(H,18,20). The van der Waals surface area contributed by atoms with Crippen molar-refractivity contribution in [1.29, 1.82) is 0 Å². The molecule has 2 aromatic rings. The molecule has 1 heterocycles. The number of rotatable bonds is 7. The van der Waals surface area contributed by atoms with Crippen LogP contribution in [0, 0.1) is 10.1 Å². The number of nitrogens with one attached hydrogen (secondary N) is 1. The third-order valence-corrected chi connectivity index (χ3v) is 3.21. The number of pyridine rings is 1. The van der Waals surface area contributed by atoms with E-state index in [4.69, 9.17) is 9.47 Å². The molecular formula is C16H17N3O5. The average molecular weight is 331 g/mol. The fourth-order valence-corrected chi connectivity index (χ4v) is 2.08. The summed E-state index contributed by atoms with van der Waals surface area (Å²) in [7, 11) is 1.33. The molecule has 0 atom stereocenters. The summed E-state index contributed by atoms with van der Waals surface area (Å²) in [5.41, 5.74) is 0.626. The van der Waals surface area contributed by atoms with Crippen LogP contribution in [0.2, 0.25) is 0 Å². The Labute approximate surface area is 138 Å². The molecule has 0 bridgehead atoms. The summed E-state index contributed by atoms with van der Waals surface area (Å²) < 4.78 is 10.3. The number of carbonyl (C=O) groups is 1. The van der Waals surface area contributed by atoms with E-state index in [0.717, 1.165) is 5.56 Å². The number of carbonyl (C=O) groups excluding carboxylic acids is 1. The molecule has 8 nitrogen and oxygen atoms in total. The van der Waals surface area contributed by atoms with Gasteiger partial charge in [0, 0.05) is 29.9 Å². The van der Waals surface area contributed by atoms with Crippen molar-refractivity contribution in [3.05, 3.63) is 57.8 Å². The number of nitro benzene ring substituents is 1. The number of nitro groups is 1. The molecule has 0 aliphatic heterocycles. The van der Waals surface area contributed by atoms with Crippen molar-refractivity contribution >= 4 is 11.6 Å². The minimum atomic E-state index is -0.593. The van der Waals surface area contributed by atoms with Gasteiger partial charge in [-0.25, -0.2) is 4.98 Å². The quantitative estimate of drug-likeness (QED) is 0.617. The van der Waals surface area contributed by atoms with Crippen LogP contribution >= 0.6 is 0 Å². The van der Waals surface area contributed by atoms with Gasteiger partial charge >= 0.3 is 5.69 Å². The van der Waals surface area contributed by atoms with Gasteiger partial charge in [0.25, 0.3) is 5.91 Å². The van der Waals surface area contributed by atoms with E-state index in [9.17, 15) is 14.9 Å². The largest absolute Gasteiger partial charge is 0.490 e. The zero-order valence-corrected chi connectivity index (χ0v) is 13.3. The van der Waals surface area contributed by atoms with E-state index in [0.29, 0.717) is 12.5 Å². The van der Waals surface area contributed by atoms with Crippen molar-refractivity contribution in [2.24, 2.45) is 0 Å². The van der Waals surface area contributed by atoms with Gasteiger partial charge in [0.1, 0.15) is 0 Å². The summed E-state index contributed by atoms with van der Waals surface area (Å²) >= 11 is 0. The molecule has 0 saturated carbocycles. The molecule has 0 aliphatic carbocycles. The van der Waals surface area contributed by atoms with Crippen molar-refractivity contribution < 1.29 is 19.2 Å². The fraction of sp³-hybridized carbons (Fsp3) is 0.250. The maximum atomic E-state index is 12.2. The third-order valence-electron chi connectivity index (χ3n) is 3.21. The highest BCUT2D eigenvalue weighted by molar-refractivity contribution is 5.95. The Morgan fingerprint density at radius 2 is 2.17 bits per heavy atom. The second-order valence-electron chi connectivity index (χ2n) is 4.73. The van der Waals surface area contributed by atoms with Crippen LogP contribution in [0.5, 0.6) is 11.6 Å². The molecule has 0 radical (unpaired) electrons. The van der Waals surface area contributed by atoms with E-state index >= 15 is 0 Å². The number of aromatic nitrogens is 1. The van der Waals surface area contributed by atoms with Crippen LogP contribution in [0.15, 0.2) is 36.5 Å². The fourth-order valence-electron chi connectivity index (χ4n) is 2.08. The summed E-state index contributed by atoms with van der Waals surface area (Å²) in [5.74, 6) is 0.107. The van der Waals surface area contributed by atoms with Crippen LogP contribution in [-0.4, -0.2) is 29.5 Å². The van der Waals surface area contributed by atoms with Crippen LogP contribution in [0.3, 0.4) is 0 Å². The Hall–Kier alpha value is -3.16. The maximum absolute atomic E-state index is 12.2. The zero-order chi connectivity index (χ0) is 17.5. The predicted molar refractivity (Wildman–Crippen MR) is 86.2 cm³/mol. The summed E-state index contributed by atoms with van der Waals surface area (Å²) in [6.07, 6.45) is 1.60. The number of benzene rings is 1. The van der Waals surface area contributed by atoms with Crippen LogP contribution < -0.4 is 14.8 Å². The minimum Gasteiger partial charge on any atom is -0.490 e. The van der Waals surface area contributed by atoms with Crippen molar-refractivity contribution in [3.63, 3.8) is 0 Å². The topological polar surface area (TPSA) is 104 Å². The van der Waals surface area contributed by atoms with Gasteiger partial charge in [-0.15, -0.1) is 0 Å². The molecule has 24 heavy (non-hydrogen) atoms. The first-order chi connectivity index (χ1) is 11.6. The first-order valence-electron chi connectivity index (χ1n) is 7.24. The molecule has 1 N–H and O–H groups in total. The maximum Gasteiger partial charge on any atom is 0.311 e. The smallest absolute Gasteiger partial charge is 0.311 e. The van der Waals surface area contributed by atoms with Gasteiger partial charge in [0.05, 0.1) is 18.6 Å². The molecule has 1 aromatic carbocycles. The Morgan fingerprint density at radius 3 is 2.83 bits per heavy atom. The molecular weight excluding hydrogens is 314 g/mol. The normalized spacial score (nSPS) is 10.1. The van der Waals surface area contributed by atoms with Crippen LogP contribution in [0.25, 0.3) is 0 Å². The van der Waals surface area contributed by atoms with E-state index in [-0.39, 0.29) is 23.5 Å². The molecule has 0 saturated heterocycles. The number of methoxy groups -OCH3 is 1. The molecule has 2 rings (SSSR count). The van der Waals surface area contributed by atoms with Gasteiger partial charge in [-0.1, -0.05) is 6.07 Å². The van der Waals surface area contributed by atoms with Crippen LogP contribution in [-0.2, 0) is 6.54 Å². The molecule has 1 aromatic heterocycles. The number of hydrogen-bond acceptors (Lipinski definition) is 6. The lowest BCUT2D eigenvalue weighted by Gasteiger charge is -2.10. The highest BCUT2D eigenvalue weighted by atomic mass is 16.6. The summed E-state index contributed by atoms with van der Waals surface area (Å²) in [6, 6.07) is 7.56. The van der Waals surface area contributed by atoms with Crippen molar-refractivity contribution in [2.45, 2.75) is 13.5 Å². The summed E-state index contributed by atoms with van der Waals surface area (Å²) in [5, 5.41) is 13.7. The molecule has 126 valence electrons. The monoisotopic (exact) mass is 331 g/mol. The highest BCUT2D eigenvalue weighted by Crippen LogP contribution is 2.27. The molecule has 8 heteroatoms. The lowest BCUT2D eigenvalue weighted by molar-refractivity contribution is -0.385. The molecule has 1 amide bonds. The number of hydrogen-bond donors (Lipinski definition) is 1. The Morgan fingerprint density at radius 1 is 1.38 bits per heavy atom. The number of ether oxygens (including phenoxy) is 2. The lowest BCUT2D eigenvalue weighted by atomic mass is 10.1. The van der Waals surface area contributed by atoms with Gasteiger partial charge in [-0.3, -0.25) is 14.9 Å². The third kappa shape index (κ3) is 3.97. The lowest BCUT2D eigenvalue weighted by Crippen LogP contribution is -2.23. The Bertz CT molecular complexity index is 748. The first kappa shape index (κ1) is 17.2. The van der Waals surface area contributed by atoms with Gasteiger partial charge < -0.3 is 14.8 Å². The van der Waals surface area contributed by atoms with Crippen LogP contribution in [0.1, 0.15) is 22.8 Å². The SMILES string of the molecule is CCOc1ncccc1CNC(=O)c1ccc(OC)c([N+](=O)[O-])c1. The minimum absolute atomic E-state index is 0.0995. The number of amides is 1. The second-order valence-corrected chi connectivity index (χ2v) is 4.73. The van der Waals surface area contributed by atoms with E-state index < -0.39 is 10.8 Å². The summed E-state index contributed by atoms with van der Waals surface area (Å²) in [6.45, 7) is 2.50. The highest BCUT2D eigenvalue weighted by Gasteiger charge is 2.18.